The molecule has 0 atom stereocenters. The highest BCUT2D eigenvalue weighted by Crippen LogP contribution is 2.14. The fraction of sp³-hybridized carbons (Fsp3) is 0.700. The van der Waals surface area contributed by atoms with Gasteiger partial charge in [-0.3, -0.25) is 4.79 Å². The zero-order chi connectivity index (χ0) is 12.5. The quantitative estimate of drug-likeness (QED) is 0.683. The van der Waals surface area contributed by atoms with E-state index in [4.69, 9.17) is 4.74 Å². The zero-order valence-corrected chi connectivity index (χ0v) is 11.0. The first-order valence-electron chi connectivity index (χ1n) is 5.62. The Morgan fingerprint density at radius 3 is 2.94 bits per heavy atom. The van der Waals surface area contributed by atoms with E-state index in [1.807, 2.05) is 0 Å². The second-order valence-corrected chi connectivity index (χ2v) is 4.42. The lowest BCUT2D eigenvalue weighted by atomic mass is 10.4. The molecule has 17 heavy (non-hydrogen) atoms. The van der Waals surface area contributed by atoms with Crippen molar-refractivity contribution in [2.75, 3.05) is 32.1 Å². The molecule has 0 aliphatic carbocycles. The monoisotopic (exact) mass is 258 g/mol. The Balaban J connectivity index is 2.33. The molecule has 1 aromatic rings. The van der Waals surface area contributed by atoms with Crippen molar-refractivity contribution in [3.05, 3.63) is 5.01 Å². The van der Waals surface area contributed by atoms with Crippen LogP contribution < -0.4 is 10.6 Å². The Bertz CT molecular complexity index is 343. The second-order valence-electron chi connectivity index (χ2n) is 3.44. The van der Waals surface area contributed by atoms with Crippen LogP contribution in [0, 0.1) is 0 Å². The molecular weight excluding hydrogens is 240 g/mol. The number of amides is 1. The molecule has 0 unspecified atom stereocenters. The Kier molecular flexibility index (Phi) is 6.49. The van der Waals surface area contributed by atoms with Crippen molar-refractivity contribution < 1.29 is 9.53 Å². The molecule has 1 heterocycles. The average molecular weight is 258 g/mol. The second kappa shape index (κ2) is 7.97. The van der Waals surface area contributed by atoms with Crippen LogP contribution in [0.4, 0.5) is 5.13 Å². The van der Waals surface area contributed by atoms with Gasteiger partial charge in [0.2, 0.25) is 10.1 Å². The van der Waals surface area contributed by atoms with Crippen LogP contribution in [0.15, 0.2) is 0 Å². The Morgan fingerprint density at radius 1 is 1.41 bits per heavy atom. The Hall–Kier alpha value is -1.21. The summed E-state index contributed by atoms with van der Waals surface area (Å²) in [6.07, 6.45) is 1.81. The van der Waals surface area contributed by atoms with Gasteiger partial charge in [0.05, 0.1) is 0 Å². The molecule has 0 aliphatic rings. The van der Waals surface area contributed by atoms with Crippen LogP contribution in [0.3, 0.4) is 0 Å². The van der Waals surface area contributed by atoms with Crippen LogP contribution in [0.5, 0.6) is 0 Å². The van der Waals surface area contributed by atoms with Gasteiger partial charge in [-0.1, -0.05) is 18.3 Å². The highest BCUT2D eigenvalue weighted by atomic mass is 32.1. The van der Waals surface area contributed by atoms with Gasteiger partial charge in [-0.25, -0.2) is 0 Å². The number of ether oxygens (including phenoxy) is 1. The molecule has 0 saturated carbocycles. The first-order valence-corrected chi connectivity index (χ1v) is 6.44. The molecule has 7 heteroatoms. The topological polar surface area (TPSA) is 76.1 Å². The molecule has 0 spiro atoms. The van der Waals surface area contributed by atoms with Crippen LogP contribution in [0.25, 0.3) is 0 Å². The van der Waals surface area contributed by atoms with Crippen LogP contribution >= 0.6 is 11.3 Å². The summed E-state index contributed by atoms with van der Waals surface area (Å²) in [4.78, 5) is 11.6. The molecule has 1 rings (SSSR count). The van der Waals surface area contributed by atoms with E-state index in [2.05, 4.69) is 27.8 Å². The first kappa shape index (κ1) is 13.9. The molecular formula is C10H18N4O2S. The molecule has 0 aliphatic heterocycles. The zero-order valence-electron chi connectivity index (χ0n) is 10.2. The summed E-state index contributed by atoms with van der Waals surface area (Å²) >= 11 is 1.27. The highest BCUT2D eigenvalue weighted by molar-refractivity contribution is 7.17. The van der Waals surface area contributed by atoms with Gasteiger partial charge in [-0.05, 0) is 12.8 Å². The molecule has 0 aromatic carbocycles. The standard InChI is InChI=1S/C10H18N4O2S/c1-3-5-12-10-14-13-9(17-10)8(15)11-6-4-7-16-2/h3-7H2,1-2H3,(H,11,15)(H,12,14). The Morgan fingerprint density at radius 2 is 2.24 bits per heavy atom. The third-order valence-electron chi connectivity index (χ3n) is 1.96. The van der Waals surface area contributed by atoms with Gasteiger partial charge in [0.1, 0.15) is 0 Å². The number of rotatable bonds is 8. The minimum Gasteiger partial charge on any atom is -0.385 e. The molecule has 0 bridgehead atoms. The minimum absolute atomic E-state index is 0.178. The van der Waals surface area contributed by atoms with E-state index in [-0.39, 0.29) is 5.91 Å². The molecule has 0 radical (unpaired) electrons. The van der Waals surface area contributed by atoms with Gasteiger partial charge in [0, 0.05) is 26.8 Å². The third-order valence-corrected chi connectivity index (χ3v) is 2.84. The summed E-state index contributed by atoms with van der Waals surface area (Å²) in [6.45, 7) is 4.13. The van der Waals surface area contributed by atoms with Gasteiger partial charge in [0.15, 0.2) is 0 Å². The number of nitrogens with zero attached hydrogens (tertiary/aromatic N) is 2. The normalized spacial score (nSPS) is 10.2. The predicted octanol–water partition coefficient (Wildman–Crippen LogP) is 1.13. The fourth-order valence-corrected chi connectivity index (χ4v) is 1.80. The number of anilines is 1. The first-order chi connectivity index (χ1) is 8.27. The number of carbonyl (C=O) groups excluding carboxylic acids is 1. The van der Waals surface area contributed by atoms with E-state index in [0.717, 1.165) is 19.4 Å². The predicted molar refractivity (Wildman–Crippen MR) is 67.5 cm³/mol. The van der Waals surface area contributed by atoms with Crippen LogP contribution in [0.2, 0.25) is 0 Å². The van der Waals surface area contributed by atoms with E-state index < -0.39 is 0 Å². The summed E-state index contributed by atoms with van der Waals surface area (Å²) in [6, 6.07) is 0. The lowest BCUT2D eigenvalue weighted by Crippen LogP contribution is -2.25. The van der Waals surface area contributed by atoms with Gasteiger partial charge >= 0.3 is 0 Å². The molecule has 0 saturated heterocycles. The largest absolute Gasteiger partial charge is 0.385 e. The maximum atomic E-state index is 11.6. The molecule has 2 N–H and O–H groups in total. The number of hydrogen-bond donors (Lipinski definition) is 2. The van der Waals surface area contributed by atoms with Crippen molar-refractivity contribution in [2.45, 2.75) is 19.8 Å². The van der Waals surface area contributed by atoms with Gasteiger partial charge in [-0.2, -0.15) is 0 Å². The average Bonchev–Trinajstić information content (AvgIpc) is 2.80. The SMILES string of the molecule is CCCNc1nnc(C(=O)NCCCOC)s1. The number of carbonyl (C=O) groups is 1. The van der Waals surface area contributed by atoms with Crippen LogP contribution in [0.1, 0.15) is 29.6 Å². The van der Waals surface area contributed by atoms with E-state index in [1.165, 1.54) is 11.3 Å². The molecule has 6 nitrogen and oxygen atoms in total. The minimum atomic E-state index is -0.178. The van der Waals surface area contributed by atoms with E-state index >= 15 is 0 Å². The molecule has 1 aromatic heterocycles. The maximum absolute atomic E-state index is 11.6. The van der Waals surface area contributed by atoms with Crippen LogP contribution in [-0.4, -0.2) is 42.9 Å². The summed E-state index contributed by atoms with van der Waals surface area (Å²) in [5.74, 6) is -0.178. The van der Waals surface area contributed by atoms with Crippen molar-refractivity contribution in [1.29, 1.82) is 0 Å². The number of methoxy groups -OCH3 is 1. The lowest BCUT2D eigenvalue weighted by Gasteiger charge is -2.01. The van der Waals surface area contributed by atoms with Crippen molar-refractivity contribution in [3.8, 4) is 0 Å². The van der Waals surface area contributed by atoms with Crippen LogP contribution in [-0.2, 0) is 4.74 Å². The summed E-state index contributed by atoms with van der Waals surface area (Å²) < 4.78 is 4.89. The number of hydrogen-bond acceptors (Lipinski definition) is 6. The van der Waals surface area contributed by atoms with Crippen molar-refractivity contribution in [2.24, 2.45) is 0 Å². The van der Waals surface area contributed by atoms with Gasteiger partial charge in [-0.15, -0.1) is 10.2 Å². The van der Waals surface area contributed by atoms with Gasteiger partial charge in [0.25, 0.3) is 5.91 Å². The summed E-state index contributed by atoms with van der Waals surface area (Å²) in [5.41, 5.74) is 0. The van der Waals surface area contributed by atoms with E-state index in [1.54, 1.807) is 7.11 Å². The van der Waals surface area contributed by atoms with Crippen molar-refractivity contribution >= 4 is 22.4 Å². The highest BCUT2D eigenvalue weighted by Gasteiger charge is 2.11. The van der Waals surface area contributed by atoms with Gasteiger partial charge < -0.3 is 15.4 Å². The number of aromatic nitrogens is 2. The summed E-state index contributed by atoms with van der Waals surface area (Å²) in [5, 5.41) is 14.7. The number of nitrogens with one attached hydrogen (secondary N) is 2. The molecule has 1 amide bonds. The van der Waals surface area contributed by atoms with Crippen molar-refractivity contribution in [1.82, 2.24) is 15.5 Å². The smallest absolute Gasteiger partial charge is 0.282 e. The third kappa shape index (κ3) is 5.10. The van der Waals surface area contributed by atoms with Crippen molar-refractivity contribution in [3.63, 3.8) is 0 Å². The molecule has 0 fully saturated rings. The fourth-order valence-electron chi connectivity index (χ4n) is 1.11. The Labute approximate surface area is 105 Å². The van der Waals surface area contributed by atoms with E-state index in [0.29, 0.717) is 23.3 Å². The lowest BCUT2D eigenvalue weighted by molar-refractivity contribution is 0.0947. The molecule has 96 valence electrons. The summed E-state index contributed by atoms with van der Waals surface area (Å²) in [7, 11) is 1.64. The van der Waals surface area contributed by atoms with E-state index in [9.17, 15) is 4.79 Å². The maximum Gasteiger partial charge on any atom is 0.282 e.